The van der Waals surface area contributed by atoms with Crippen molar-refractivity contribution >= 4 is 5.91 Å². The van der Waals surface area contributed by atoms with Crippen molar-refractivity contribution in [3.8, 4) is 11.5 Å². The van der Waals surface area contributed by atoms with Gasteiger partial charge in [-0.3, -0.25) is 4.79 Å². The summed E-state index contributed by atoms with van der Waals surface area (Å²) in [6, 6.07) is 11.4. The molecule has 1 aliphatic rings. The molecule has 1 heterocycles. The van der Waals surface area contributed by atoms with Crippen LogP contribution in [0, 0.1) is 0 Å². The van der Waals surface area contributed by atoms with E-state index in [1.807, 2.05) is 0 Å². The molecule has 0 spiro atoms. The van der Waals surface area contributed by atoms with Gasteiger partial charge in [0.1, 0.15) is 35.9 Å². The molecule has 9 N–H and O–H groups in total. The van der Waals surface area contributed by atoms with Crippen LogP contribution in [0.15, 0.2) is 48.5 Å². The van der Waals surface area contributed by atoms with Crippen LogP contribution in [-0.4, -0.2) is 86.4 Å². The van der Waals surface area contributed by atoms with Crippen molar-refractivity contribution in [2.45, 2.75) is 56.2 Å². The van der Waals surface area contributed by atoms with E-state index in [0.29, 0.717) is 24.2 Å². The number of aliphatic hydroxyl groups is 4. The second kappa shape index (κ2) is 12.8. The topological polar surface area (TPSA) is 184 Å². The lowest BCUT2D eigenvalue weighted by molar-refractivity contribution is -0.254. The van der Waals surface area contributed by atoms with Gasteiger partial charge in [0, 0.05) is 24.2 Å². The van der Waals surface area contributed by atoms with Gasteiger partial charge in [-0.1, -0.05) is 36.4 Å². The van der Waals surface area contributed by atoms with Gasteiger partial charge in [-0.2, -0.15) is 0 Å². The Morgan fingerprint density at radius 1 is 0.914 bits per heavy atom. The Morgan fingerprint density at radius 2 is 1.51 bits per heavy atom. The maximum absolute atomic E-state index is 13.1. The summed E-state index contributed by atoms with van der Waals surface area (Å²) in [5.41, 5.74) is 1.28. The highest BCUT2D eigenvalue weighted by Gasteiger charge is 2.44. The average Bonchev–Trinajstić information content (AvgIpc) is 2.85. The minimum absolute atomic E-state index is 0.0709. The van der Waals surface area contributed by atoms with E-state index in [4.69, 9.17) is 4.74 Å². The van der Waals surface area contributed by atoms with Crippen molar-refractivity contribution in [1.82, 2.24) is 16.0 Å². The zero-order valence-corrected chi connectivity index (χ0v) is 19.1. The molecule has 2 aromatic rings. The molecule has 2 aromatic carbocycles. The molecule has 0 bridgehead atoms. The summed E-state index contributed by atoms with van der Waals surface area (Å²) in [6.07, 6.45) is -5.58. The van der Waals surface area contributed by atoms with Crippen molar-refractivity contribution < 1.29 is 40.2 Å². The fraction of sp³-hybridized carbons (Fsp3) is 0.458. The number of aromatic hydroxyl groups is 2. The van der Waals surface area contributed by atoms with Gasteiger partial charge in [0.2, 0.25) is 5.91 Å². The molecule has 35 heavy (non-hydrogen) atoms. The Hall–Kier alpha value is -2.77. The van der Waals surface area contributed by atoms with Gasteiger partial charge >= 0.3 is 0 Å². The van der Waals surface area contributed by atoms with E-state index in [2.05, 4.69) is 16.0 Å². The van der Waals surface area contributed by atoms with Crippen LogP contribution in [0.4, 0.5) is 0 Å². The first kappa shape index (κ1) is 26.8. The lowest BCUT2D eigenvalue weighted by Crippen LogP contribution is -2.65. The van der Waals surface area contributed by atoms with Gasteiger partial charge in [0.15, 0.2) is 6.29 Å². The maximum atomic E-state index is 13.1. The third kappa shape index (κ3) is 7.12. The molecule has 0 unspecified atom stereocenters. The number of para-hydroxylation sites is 2. The zero-order chi connectivity index (χ0) is 25.4. The van der Waals surface area contributed by atoms with E-state index >= 15 is 0 Å². The molecule has 0 radical (unpaired) electrons. The smallest absolute Gasteiger partial charge is 0.237 e. The highest BCUT2D eigenvalue weighted by atomic mass is 16.6. The van der Waals surface area contributed by atoms with E-state index in [0.717, 1.165) is 0 Å². The van der Waals surface area contributed by atoms with Crippen LogP contribution in [0.1, 0.15) is 17.5 Å². The Labute approximate surface area is 203 Å². The van der Waals surface area contributed by atoms with E-state index in [1.165, 1.54) is 6.07 Å². The van der Waals surface area contributed by atoms with Gasteiger partial charge in [-0.05, 0) is 25.1 Å². The number of carbonyl (C=O) groups is 1. The standard InChI is InChI=1S/C24H33N3O8/c28-13-19-21(31)22(32)20(24(34)35-19)27-23(33)16(26-12-15-6-2-4-8-18(15)30)9-10-25-11-14-5-1-3-7-17(14)29/h1-8,16,19-22,24-26,28-32,34H,9-13H2,(H,27,33)/t16-,19+,20+,21+,22+,24+/m0/s1. The highest BCUT2D eigenvalue weighted by Crippen LogP contribution is 2.20. The number of hydrogen-bond donors (Lipinski definition) is 9. The predicted octanol–water partition coefficient (Wildman–Crippen LogP) is -1.35. The third-order valence-electron chi connectivity index (χ3n) is 5.97. The van der Waals surface area contributed by atoms with Gasteiger partial charge in [0.05, 0.1) is 12.6 Å². The minimum atomic E-state index is -1.63. The Kier molecular flexibility index (Phi) is 9.81. The second-order valence-electron chi connectivity index (χ2n) is 8.42. The average molecular weight is 492 g/mol. The van der Waals surface area contributed by atoms with Crippen molar-refractivity contribution in [3.05, 3.63) is 59.7 Å². The van der Waals surface area contributed by atoms with Crippen LogP contribution in [0.2, 0.25) is 0 Å². The molecule has 0 aromatic heterocycles. The lowest BCUT2D eigenvalue weighted by Gasteiger charge is -2.40. The second-order valence-corrected chi connectivity index (χ2v) is 8.42. The fourth-order valence-electron chi connectivity index (χ4n) is 3.87. The molecule has 6 atom stereocenters. The molecular weight excluding hydrogens is 458 g/mol. The summed E-state index contributed by atoms with van der Waals surface area (Å²) in [5.74, 6) is -0.334. The number of hydrogen-bond acceptors (Lipinski definition) is 10. The van der Waals surface area contributed by atoms with Crippen molar-refractivity contribution in [2.75, 3.05) is 13.2 Å². The minimum Gasteiger partial charge on any atom is -0.508 e. The Morgan fingerprint density at radius 3 is 2.11 bits per heavy atom. The van der Waals surface area contributed by atoms with E-state index in [-0.39, 0.29) is 24.5 Å². The SMILES string of the molecule is O=C(N[C@@H]1[C@@H](O)[C@H](O)[C@@H](CO)O[C@H]1O)[C@H](CCNCc1ccccc1O)NCc1ccccc1O. The first-order chi connectivity index (χ1) is 16.8. The van der Waals surface area contributed by atoms with E-state index < -0.39 is 49.2 Å². The Balaban J connectivity index is 1.63. The molecule has 1 fully saturated rings. The fourth-order valence-corrected chi connectivity index (χ4v) is 3.87. The summed E-state index contributed by atoms with van der Waals surface area (Å²) in [4.78, 5) is 13.1. The molecule has 11 heteroatoms. The van der Waals surface area contributed by atoms with Crippen LogP contribution in [-0.2, 0) is 22.6 Å². The van der Waals surface area contributed by atoms with Crippen LogP contribution < -0.4 is 16.0 Å². The van der Waals surface area contributed by atoms with Crippen LogP contribution >= 0.6 is 0 Å². The number of aliphatic hydroxyl groups excluding tert-OH is 4. The molecule has 11 nitrogen and oxygen atoms in total. The lowest BCUT2D eigenvalue weighted by atomic mass is 9.96. The maximum Gasteiger partial charge on any atom is 0.237 e. The monoisotopic (exact) mass is 491 g/mol. The normalized spacial score (nSPS) is 25.2. The molecular formula is C24H33N3O8. The molecule has 1 amide bonds. The van der Waals surface area contributed by atoms with Gasteiger partial charge in [-0.15, -0.1) is 0 Å². The number of ether oxygens (including phenoxy) is 1. The summed E-state index contributed by atoms with van der Waals surface area (Å²) < 4.78 is 5.11. The summed E-state index contributed by atoms with van der Waals surface area (Å²) in [7, 11) is 0. The summed E-state index contributed by atoms with van der Waals surface area (Å²) in [6.45, 7) is 0.319. The third-order valence-corrected chi connectivity index (χ3v) is 5.97. The highest BCUT2D eigenvalue weighted by molar-refractivity contribution is 5.82. The van der Waals surface area contributed by atoms with Crippen molar-refractivity contribution in [1.29, 1.82) is 0 Å². The first-order valence-corrected chi connectivity index (χ1v) is 11.4. The number of phenols is 2. The Bertz CT molecular complexity index is 962. The van der Waals surface area contributed by atoms with Crippen molar-refractivity contribution in [2.24, 2.45) is 0 Å². The number of phenolic OH excluding ortho intramolecular Hbond substituents is 2. The molecule has 1 saturated heterocycles. The van der Waals surface area contributed by atoms with Gasteiger partial charge < -0.3 is 51.3 Å². The molecule has 192 valence electrons. The van der Waals surface area contributed by atoms with Crippen LogP contribution in [0.3, 0.4) is 0 Å². The summed E-state index contributed by atoms with van der Waals surface area (Å²) >= 11 is 0. The molecule has 0 saturated carbocycles. The number of nitrogens with one attached hydrogen (secondary N) is 3. The number of benzene rings is 2. The van der Waals surface area contributed by atoms with Gasteiger partial charge in [0.25, 0.3) is 0 Å². The first-order valence-electron chi connectivity index (χ1n) is 11.4. The quantitative estimate of drug-likeness (QED) is 0.170. The molecule has 1 aliphatic heterocycles. The zero-order valence-electron chi connectivity index (χ0n) is 19.1. The van der Waals surface area contributed by atoms with Crippen LogP contribution in [0.25, 0.3) is 0 Å². The largest absolute Gasteiger partial charge is 0.508 e. The molecule has 3 rings (SSSR count). The molecule has 0 aliphatic carbocycles. The van der Waals surface area contributed by atoms with E-state index in [9.17, 15) is 35.4 Å². The predicted molar refractivity (Wildman–Crippen MR) is 125 cm³/mol. The van der Waals surface area contributed by atoms with Crippen LogP contribution in [0.5, 0.6) is 11.5 Å². The summed E-state index contributed by atoms with van der Waals surface area (Å²) in [5, 5.41) is 68.5. The van der Waals surface area contributed by atoms with E-state index in [1.54, 1.807) is 42.5 Å². The van der Waals surface area contributed by atoms with Crippen molar-refractivity contribution in [3.63, 3.8) is 0 Å². The number of amides is 1. The number of rotatable bonds is 11. The number of carbonyl (C=O) groups excluding carboxylic acids is 1. The van der Waals surface area contributed by atoms with Gasteiger partial charge in [-0.25, -0.2) is 0 Å².